The van der Waals surface area contributed by atoms with Gasteiger partial charge >= 0.3 is 7.12 Å². The van der Waals surface area contributed by atoms with Gasteiger partial charge in [0.05, 0.1) is 47.9 Å². The minimum Gasteiger partial charge on any atom is -0.399 e. The average molecular weight is 438 g/mol. The first-order valence-electron chi connectivity index (χ1n) is 11.3. The molecule has 0 radical (unpaired) electrons. The summed E-state index contributed by atoms with van der Waals surface area (Å²) in [7, 11) is 1.42. The Bertz CT molecular complexity index is 1060. The highest BCUT2D eigenvalue weighted by Gasteiger charge is 2.52. The van der Waals surface area contributed by atoms with Crippen molar-refractivity contribution in [2.24, 2.45) is 0 Å². The molecule has 1 N–H and O–H groups in total. The van der Waals surface area contributed by atoms with Gasteiger partial charge in [-0.3, -0.25) is 4.79 Å². The second-order valence-corrected chi connectivity index (χ2v) is 10.1. The van der Waals surface area contributed by atoms with Gasteiger partial charge in [0.1, 0.15) is 0 Å². The van der Waals surface area contributed by atoms with Gasteiger partial charge in [0, 0.05) is 19.0 Å². The van der Waals surface area contributed by atoms with E-state index in [-0.39, 0.29) is 18.6 Å². The Labute approximate surface area is 189 Å². The summed E-state index contributed by atoms with van der Waals surface area (Å²) < 4.78 is 18.1. The molecule has 2 aromatic carbocycles. The van der Waals surface area contributed by atoms with Crippen molar-refractivity contribution in [2.75, 3.05) is 31.8 Å². The van der Waals surface area contributed by atoms with Gasteiger partial charge in [0.15, 0.2) is 0 Å². The highest BCUT2D eigenvalue weighted by Crippen LogP contribution is 2.39. The lowest BCUT2D eigenvalue weighted by Crippen LogP contribution is -2.57. The van der Waals surface area contributed by atoms with Crippen LogP contribution in [-0.4, -0.2) is 73.3 Å². The Morgan fingerprint density at radius 1 is 1.09 bits per heavy atom. The monoisotopic (exact) mass is 438 g/mol. The molecule has 0 spiro atoms. The normalized spacial score (nSPS) is 27.2. The van der Waals surface area contributed by atoms with E-state index in [0.29, 0.717) is 25.3 Å². The summed E-state index contributed by atoms with van der Waals surface area (Å²) >= 11 is 0. The van der Waals surface area contributed by atoms with Crippen molar-refractivity contribution in [3.63, 3.8) is 0 Å². The number of fused-ring (bicyclic) bond motifs is 3. The van der Waals surface area contributed by atoms with Crippen LogP contribution < -0.4 is 10.4 Å². The Morgan fingerprint density at radius 3 is 2.41 bits per heavy atom. The van der Waals surface area contributed by atoms with Crippen LogP contribution in [0.4, 0.5) is 5.69 Å². The minimum atomic E-state index is -0.689. The molecule has 3 aliphatic rings. The number of rotatable bonds is 2. The lowest BCUT2D eigenvalue weighted by atomic mass is 9.74. The third-order valence-electron chi connectivity index (χ3n) is 7.48. The fourth-order valence-corrected chi connectivity index (χ4v) is 4.98. The molecule has 2 fully saturated rings. The van der Waals surface area contributed by atoms with Gasteiger partial charge in [-0.25, -0.2) is 0 Å². The van der Waals surface area contributed by atoms with Gasteiger partial charge in [-0.1, -0.05) is 24.3 Å². The maximum absolute atomic E-state index is 13.7. The number of ether oxygens (including phenoxy) is 1. The summed E-state index contributed by atoms with van der Waals surface area (Å²) in [4.78, 5) is 17.6. The summed E-state index contributed by atoms with van der Waals surface area (Å²) in [6.07, 6.45) is -0.0704. The molecule has 0 bridgehead atoms. The van der Waals surface area contributed by atoms with Crippen LogP contribution in [0.15, 0.2) is 30.3 Å². The largest absolute Gasteiger partial charge is 0.495 e. The van der Waals surface area contributed by atoms with Crippen LogP contribution in [-0.2, 0) is 14.0 Å². The Balaban J connectivity index is 1.63. The van der Waals surface area contributed by atoms with E-state index in [4.69, 9.17) is 14.0 Å². The van der Waals surface area contributed by atoms with E-state index in [0.717, 1.165) is 21.9 Å². The number of aliphatic hydroxyl groups is 1. The molecule has 7 nitrogen and oxygen atoms in total. The molecule has 3 aliphatic heterocycles. The third kappa shape index (κ3) is 3.24. The molecule has 2 atom stereocenters. The molecule has 0 unspecified atom stereocenters. The lowest BCUT2D eigenvalue weighted by Gasteiger charge is -2.43. The molecule has 0 saturated carbocycles. The highest BCUT2D eigenvalue weighted by atomic mass is 16.7. The van der Waals surface area contributed by atoms with Crippen molar-refractivity contribution in [3.8, 4) is 0 Å². The Hall–Kier alpha value is -2.13. The molecule has 8 heteroatoms. The molecular weight excluding hydrogens is 407 g/mol. The van der Waals surface area contributed by atoms with Gasteiger partial charge in [0.25, 0.3) is 5.91 Å². The second kappa shape index (κ2) is 7.45. The predicted molar refractivity (Wildman–Crippen MR) is 124 cm³/mol. The van der Waals surface area contributed by atoms with E-state index in [1.165, 1.54) is 0 Å². The first-order valence-corrected chi connectivity index (χ1v) is 11.3. The van der Waals surface area contributed by atoms with E-state index < -0.39 is 24.4 Å². The first kappa shape index (κ1) is 21.7. The molecule has 2 aromatic rings. The summed E-state index contributed by atoms with van der Waals surface area (Å²) in [6.45, 7) is 9.33. The van der Waals surface area contributed by atoms with E-state index in [1.807, 2.05) is 59.0 Å². The topological polar surface area (TPSA) is 71.5 Å². The minimum absolute atomic E-state index is 0.0763. The Morgan fingerprint density at radius 2 is 1.75 bits per heavy atom. The molecular formula is C24H31BN2O5. The molecule has 2 saturated heterocycles. The van der Waals surface area contributed by atoms with E-state index in [2.05, 4.69) is 11.0 Å². The van der Waals surface area contributed by atoms with Crippen LogP contribution >= 0.6 is 0 Å². The van der Waals surface area contributed by atoms with Gasteiger partial charge in [-0.15, -0.1) is 0 Å². The zero-order valence-corrected chi connectivity index (χ0v) is 19.4. The van der Waals surface area contributed by atoms with Crippen LogP contribution in [0.2, 0.25) is 0 Å². The second-order valence-electron chi connectivity index (χ2n) is 10.1. The number of hydrogen-bond acceptors (Lipinski definition) is 6. The van der Waals surface area contributed by atoms with E-state index in [9.17, 15) is 9.90 Å². The fourth-order valence-electron chi connectivity index (χ4n) is 4.98. The number of anilines is 1. The van der Waals surface area contributed by atoms with E-state index in [1.54, 1.807) is 4.90 Å². The smallest absolute Gasteiger partial charge is 0.399 e. The van der Waals surface area contributed by atoms with Crippen molar-refractivity contribution in [3.05, 3.63) is 35.9 Å². The van der Waals surface area contributed by atoms with Gasteiger partial charge < -0.3 is 29.0 Å². The number of carbonyl (C=O) groups excluding carboxylic acids is 1. The molecule has 170 valence electrons. The summed E-state index contributed by atoms with van der Waals surface area (Å²) in [5.41, 5.74) is 1.42. The Kier molecular flexibility index (Phi) is 5.05. The quantitative estimate of drug-likeness (QED) is 0.725. The first-order chi connectivity index (χ1) is 15.1. The fraction of sp³-hybridized carbons (Fsp3) is 0.542. The average Bonchev–Trinajstić information content (AvgIpc) is 2.97. The van der Waals surface area contributed by atoms with Crippen molar-refractivity contribution < 1.29 is 23.9 Å². The number of nitrogens with zero attached hydrogens (tertiary/aromatic N) is 2. The molecule has 0 aliphatic carbocycles. The summed E-state index contributed by atoms with van der Waals surface area (Å²) in [5, 5.41) is 12.5. The van der Waals surface area contributed by atoms with Crippen LogP contribution in [0.1, 0.15) is 44.5 Å². The number of carbonyl (C=O) groups is 1. The standard InChI is InChI=1S/C24H31BN2O5/c1-23(2)24(3,4)32-25(31-23)18-12-17-21(16-9-7-6-8-15(16)18)26(5)14-27(22(17)29)19-10-11-30-13-20(19)28/h6-9,12,19-20,28H,10-11,13-14H2,1-5H3/t19-,20-/m0/s1. The number of aliphatic hydroxyl groups excluding tert-OH is 1. The van der Waals surface area contributed by atoms with Gasteiger partial charge in [0.2, 0.25) is 0 Å². The maximum Gasteiger partial charge on any atom is 0.495 e. The number of amides is 1. The third-order valence-corrected chi connectivity index (χ3v) is 7.48. The van der Waals surface area contributed by atoms with Crippen molar-refractivity contribution >= 4 is 34.9 Å². The molecule has 1 amide bonds. The molecule has 32 heavy (non-hydrogen) atoms. The SMILES string of the molecule is CN1CN([C@H]2CCOC[C@@H]2O)C(=O)c2cc(B3OC(C)(C)C(C)(C)O3)c3ccccc3c21. The maximum atomic E-state index is 13.7. The number of benzene rings is 2. The summed E-state index contributed by atoms with van der Waals surface area (Å²) in [5.74, 6) is -0.0763. The molecule has 5 rings (SSSR count). The van der Waals surface area contributed by atoms with E-state index >= 15 is 0 Å². The zero-order chi connectivity index (χ0) is 22.8. The number of hydrogen-bond donors (Lipinski definition) is 1. The lowest BCUT2D eigenvalue weighted by molar-refractivity contribution is -0.0575. The summed E-state index contributed by atoms with van der Waals surface area (Å²) in [6, 6.07) is 9.76. The highest BCUT2D eigenvalue weighted by molar-refractivity contribution is 6.65. The van der Waals surface area contributed by atoms with Crippen LogP contribution in [0.3, 0.4) is 0 Å². The van der Waals surface area contributed by atoms with Crippen molar-refractivity contribution in [1.29, 1.82) is 0 Å². The van der Waals surface area contributed by atoms with Crippen LogP contribution in [0.5, 0.6) is 0 Å². The van der Waals surface area contributed by atoms with Crippen LogP contribution in [0.25, 0.3) is 10.8 Å². The van der Waals surface area contributed by atoms with Crippen LogP contribution in [0, 0.1) is 0 Å². The molecule has 3 heterocycles. The predicted octanol–water partition coefficient (Wildman–Crippen LogP) is 2.14. The van der Waals surface area contributed by atoms with Crippen molar-refractivity contribution in [1.82, 2.24) is 4.90 Å². The van der Waals surface area contributed by atoms with Gasteiger partial charge in [-0.05, 0) is 51.0 Å². The molecule has 0 aromatic heterocycles. The van der Waals surface area contributed by atoms with Gasteiger partial charge in [-0.2, -0.15) is 0 Å². The van der Waals surface area contributed by atoms with Crippen molar-refractivity contribution in [2.45, 2.75) is 57.5 Å². The zero-order valence-electron chi connectivity index (χ0n) is 19.4.